The van der Waals surface area contributed by atoms with Crippen molar-refractivity contribution >= 4 is 17.8 Å². The summed E-state index contributed by atoms with van der Waals surface area (Å²) in [5.41, 5.74) is 0. The SMILES string of the molecule is COC(=O)[C@H]1CCCN(C(=O)C2CC(=O)N(C)C2)C1. The lowest BCUT2D eigenvalue weighted by Gasteiger charge is -2.32. The molecule has 2 aliphatic heterocycles. The highest BCUT2D eigenvalue weighted by atomic mass is 16.5. The Bertz CT molecular complexity index is 396. The van der Waals surface area contributed by atoms with E-state index in [0.717, 1.165) is 12.8 Å². The van der Waals surface area contributed by atoms with Crippen molar-refractivity contribution in [3.05, 3.63) is 0 Å². The molecule has 2 heterocycles. The number of methoxy groups -OCH3 is 1. The molecular weight excluding hydrogens is 248 g/mol. The third kappa shape index (κ3) is 2.88. The summed E-state index contributed by atoms with van der Waals surface area (Å²) in [6.07, 6.45) is 1.86. The predicted octanol–water partition coefficient (Wildman–Crippen LogP) is -0.124. The first-order chi connectivity index (χ1) is 9.02. The van der Waals surface area contributed by atoms with Gasteiger partial charge in [-0.3, -0.25) is 14.4 Å². The minimum atomic E-state index is -0.256. The standard InChI is InChI=1S/C13H20N2O4/c1-14-7-10(6-11(14)16)12(17)15-5-3-4-9(8-15)13(18)19-2/h9-10H,3-8H2,1-2H3/t9-,10?/m0/s1. The normalized spacial score (nSPS) is 27.6. The smallest absolute Gasteiger partial charge is 0.310 e. The van der Waals surface area contributed by atoms with Gasteiger partial charge in [0.05, 0.1) is 18.9 Å². The molecule has 1 unspecified atom stereocenters. The Balaban J connectivity index is 1.96. The van der Waals surface area contributed by atoms with Crippen LogP contribution >= 0.6 is 0 Å². The Morgan fingerprint density at radius 3 is 2.58 bits per heavy atom. The molecule has 6 nitrogen and oxygen atoms in total. The molecule has 0 N–H and O–H groups in total. The van der Waals surface area contributed by atoms with E-state index < -0.39 is 0 Å². The molecule has 0 aromatic heterocycles. The lowest BCUT2D eigenvalue weighted by molar-refractivity contribution is -0.149. The maximum Gasteiger partial charge on any atom is 0.310 e. The van der Waals surface area contributed by atoms with Crippen LogP contribution in [0.15, 0.2) is 0 Å². The number of nitrogens with zero attached hydrogens (tertiary/aromatic N) is 2. The second-order valence-corrected chi connectivity index (χ2v) is 5.32. The van der Waals surface area contributed by atoms with E-state index in [1.807, 2.05) is 0 Å². The fraction of sp³-hybridized carbons (Fsp3) is 0.769. The number of carbonyl (C=O) groups is 3. The van der Waals surface area contributed by atoms with E-state index in [-0.39, 0.29) is 36.0 Å². The molecule has 0 radical (unpaired) electrons. The first-order valence-corrected chi connectivity index (χ1v) is 6.63. The Morgan fingerprint density at radius 1 is 1.26 bits per heavy atom. The Labute approximate surface area is 112 Å². The van der Waals surface area contributed by atoms with Gasteiger partial charge in [0.1, 0.15) is 0 Å². The van der Waals surface area contributed by atoms with Crippen molar-refractivity contribution in [2.24, 2.45) is 11.8 Å². The van der Waals surface area contributed by atoms with Gasteiger partial charge in [0.2, 0.25) is 11.8 Å². The van der Waals surface area contributed by atoms with Crippen LogP contribution in [0.2, 0.25) is 0 Å². The van der Waals surface area contributed by atoms with Gasteiger partial charge in [-0.1, -0.05) is 0 Å². The van der Waals surface area contributed by atoms with E-state index in [9.17, 15) is 14.4 Å². The Hall–Kier alpha value is -1.59. The highest BCUT2D eigenvalue weighted by Gasteiger charge is 2.37. The molecule has 0 bridgehead atoms. The van der Waals surface area contributed by atoms with Gasteiger partial charge in [-0.05, 0) is 12.8 Å². The van der Waals surface area contributed by atoms with Crippen LogP contribution < -0.4 is 0 Å². The molecule has 0 aliphatic carbocycles. The summed E-state index contributed by atoms with van der Waals surface area (Å²) in [7, 11) is 3.08. The van der Waals surface area contributed by atoms with Crippen LogP contribution in [-0.2, 0) is 19.1 Å². The highest BCUT2D eigenvalue weighted by molar-refractivity contribution is 5.89. The number of piperidine rings is 1. The third-order valence-corrected chi connectivity index (χ3v) is 3.96. The average Bonchev–Trinajstić information content (AvgIpc) is 2.77. The van der Waals surface area contributed by atoms with Crippen molar-refractivity contribution < 1.29 is 19.1 Å². The molecular formula is C13H20N2O4. The van der Waals surface area contributed by atoms with Gasteiger partial charge in [0.15, 0.2) is 0 Å². The lowest BCUT2D eigenvalue weighted by Crippen LogP contribution is -2.45. The molecule has 2 aliphatic rings. The number of likely N-dealkylation sites (tertiary alicyclic amines) is 2. The van der Waals surface area contributed by atoms with E-state index in [1.54, 1.807) is 16.8 Å². The first-order valence-electron chi connectivity index (χ1n) is 6.63. The van der Waals surface area contributed by atoms with Gasteiger partial charge in [0, 0.05) is 33.1 Å². The number of rotatable bonds is 2. The number of hydrogen-bond acceptors (Lipinski definition) is 4. The van der Waals surface area contributed by atoms with Gasteiger partial charge in [-0.2, -0.15) is 0 Å². The van der Waals surface area contributed by atoms with Crippen LogP contribution in [0.5, 0.6) is 0 Å². The summed E-state index contributed by atoms with van der Waals surface area (Å²) in [4.78, 5) is 38.7. The van der Waals surface area contributed by atoms with Gasteiger partial charge >= 0.3 is 5.97 Å². The zero-order chi connectivity index (χ0) is 14.0. The molecule has 0 saturated carbocycles. The molecule has 6 heteroatoms. The molecule has 0 spiro atoms. The summed E-state index contributed by atoms with van der Waals surface area (Å²) in [6.45, 7) is 1.57. The summed E-state index contributed by atoms with van der Waals surface area (Å²) >= 11 is 0. The van der Waals surface area contributed by atoms with Crippen molar-refractivity contribution in [2.75, 3.05) is 33.8 Å². The summed E-state index contributed by atoms with van der Waals surface area (Å²) in [5.74, 6) is -0.727. The number of carbonyl (C=O) groups excluding carboxylic acids is 3. The summed E-state index contributed by atoms with van der Waals surface area (Å²) < 4.78 is 4.74. The Kier molecular flexibility index (Phi) is 4.07. The molecule has 2 fully saturated rings. The molecule has 2 saturated heterocycles. The van der Waals surface area contributed by atoms with Crippen LogP contribution in [0.1, 0.15) is 19.3 Å². The topological polar surface area (TPSA) is 66.9 Å². The van der Waals surface area contributed by atoms with E-state index >= 15 is 0 Å². The van der Waals surface area contributed by atoms with Crippen LogP contribution in [0.3, 0.4) is 0 Å². The van der Waals surface area contributed by atoms with Crippen molar-refractivity contribution in [2.45, 2.75) is 19.3 Å². The van der Waals surface area contributed by atoms with Crippen molar-refractivity contribution in [3.63, 3.8) is 0 Å². The monoisotopic (exact) mass is 268 g/mol. The number of ether oxygens (including phenoxy) is 1. The average molecular weight is 268 g/mol. The molecule has 19 heavy (non-hydrogen) atoms. The minimum Gasteiger partial charge on any atom is -0.469 e. The van der Waals surface area contributed by atoms with Crippen molar-refractivity contribution in [3.8, 4) is 0 Å². The quantitative estimate of drug-likeness (QED) is 0.655. The van der Waals surface area contributed by atoms with Gasteiger partial charge in [-0.25, -0.2) is 0 Å². The maximum absolute atomic E-state index is 12.3. The van der Waals surface area contributed by atoms with Crippen LogP contribution in [0, 0.1) is 11.8 Å². The zero-order valence-electron chi connectivity index (χ0n) is 11.4. The van der Waals surface area contributed by atoms with Gasteiger partial charge < -0.3 is 14.5 Å². The summed E-state index contributed by atoms with van der Waals surface area (Å²) in [5, 5.41) is 0. The fourth-order valence-electron chi connectivity index (χ4n) is 2.82. The van der Waals surface area contributed by atoms with Gasteiger partial charge in [0.25, 0.3) is 0 Å². The Morgan fingerprint density at radius 2 is 2.00 bits per heavy atom. The molecule has 0 aromatic rings. The zero-order valence-corrected chi connectivity index (χ0v) is 11.4. The summed E-state index contributed by atoms with van der Waals surface area (Å²) in [6, 6.07) is 0. The third-order valence-electron chi connectivity index (χ3n) is 3.96. The highest BCUT2D eigenvalue weighted by Crippen LogP contribution is 2.23. The van der Waals surface area contributed by atoms with Crippen molar-refractivity contribution in [1.82, 2.24) is 9.80 Å². The molecule has 2 rings (SSSR count). The number of amides is 2. The van der Waals surface area contributed by atoms with E-state index in [4.69, 9.17) is 4.74 Å². The molecule has 0 aromatic carbocycles. The van der Waals surface area contributed by atoms with Gasteiger partial charge in [-0.15, -0.1) is 0 Å². The van der Waals surface area contributed by atoms with Crippen LogP contribution in [-0.4, -0.2) is 61.4 Å². The fourth-order valence-corrected chi connectivity index (χ4v) is 2.82. The van der Waals surface area contributed by atoms with Crippen LogP contribution in [0.4, 0.5) is 0 Å². The molecule has 2 atom stereocenters. The number of hydrogen-bond donors (Lipinski definition) is 0. The lowest BCUT2D eigenvalue weighted by atomic mass is 9.96. The predicted molar refractivity (Wildman–Crippen MR) is 67.1 cm³/mol. The van der Waals surface area contributed by atoms with Crippen LogP contribution in [0.25, 0.3) is 0 Å². The maximum atomic E-state index is 12.3. The molecule has 106 valence electrons. The van der Waals surface area contributed by atoms with E-state index in [0.29, 0.717) is 19.6 Å². The minimum absolute atomic E-state index is 0.00805. The first kappa shape index (κ1) is 13.8. The number of esters is 1. The van der Waals surface area contributed by atoms with E-state index in [1.165, 1.54) is 7.11 Å². The second-order valence-electron chi connectivity index (χ2n) is 5.32. The van der Waals surface area contributed by atoms with E-state index in [2.05, 4.69) is 0 Å². The van der Waals surface area contributed by atoms with Crippen molar-refractivity contribution in [1.29, 1.82) is 0 Å². The largest absolute Gasteiger partial charge is 0.469 e. The molecule has 2 amide bonds. The second kappa shape index (κ2) is 5.59.